The summed E-state index contributed by atoms with van der Waals surface area (Å²) in [5, 5.41) is 9.77. The number of fused-ring (bicyclic) bond motifs is 2. The monoisotopic (exact) mass is 319 g/mol. The highest BCUT2D eigenvalue weighted by Crippen LogP contribution is 2.39. The number of carbonyl (C=O) groups is 1. The lowest BCUT2D eigenvalue weighted by molar-refractivity contribution is 0.0464. The number of amides is 2. The van der Waals surface area contributed by atoms with Crippen molar-refractivity contribution in [3.63, 3.8) is 0 Å². The first-order valence-corrected chi connectivity index (χ1v) is 8.76. The van der Waals surface area contributed by atoms with E-state index >= 15 is 0 Å². The molecule has 126 valence electrons. The number of aryl methyl sites for hydroxylation is 1. The smallest absolute Gasteiger partial charge is 0.315 e. The van der Waals surface area contributed by atoms with E-state index in [4.69, 9.17) is 4.52 Å². The first-order valence-electron chi connectivity index (χ1n) is 8.76. The summed E-state index contributed by atoms with van der Waals surface area (Å²) in [6, 6.07) is 1.01. The van der Waals surface area contributed by atoms with Crippen LogP contribution in [-0.2, 0) is 6.54 Å². The largest absolute Gasteiger partial charge is 0.337 e. The Morgan fingerprint density at radius 1 is 1.26 bits per heavy atom. The minimum atomic E-state index is -0.123. The summed E-state index contributed by atoms with van der Waals surface area (Å²) in [6.07, 6.45) is 6.49. The van der Waals surface area contributed by atoms with Crippen molar-refractivity contribution in [2.45, 2.75) is 57.7 Å². The molecule has 1 aliphatic heterocycles. The molecule has 7 nitrogen and oxygen atoms in total. The van der Waals surface area contributed by atoms with Crippen LogP contribution < -0.4 is 10.6 Å². The van der Waals surface area contributed by atoms with Gasteiger partial charge in [-0.25, -0.2) is 4.79 Å². The van der Waals surface area contributed by atoms with E-state index in [9.17, 15) is 4.79 Å². The zero-order valence-corrected chi connectivity index (χ0v) is 13.6. The summed E-state index contributed by atoms with van der Waals surface area (Å²) < 4.78 is 5.02. The van der Waals surface area contributed by atoms with Gasteiger partial charge >= 0.3 is 6.03 Å². The fraction of sp³-hybridized carbons (Fsp3) is 0.812. The minimum Gasteiger partial charge on any atom is -0.337 e. The molecule has 0 aromatic carbocycles. The molecule has 2 bridgehead atoms. The molecule has 2 atom stereocenters. The maximum atomic E-state index is 12.2. The number of piperidine rings is 1. The molecule has 2 amide bonds. The Balaban J connectivity index is 1.31. The Morgan fingerprint density at radius 3 is 2.61 bits per heavy atom. The first-order chi connectivity index (χ1) is 11.2. The highest BCUT2D eigenvalue weighted by Gasteiger charge is 2.43. The third-order valence-electron chi connectivity index (χ3n) is 5.43. The summed E-state index contributed by atoms with van der Waals surface area (Å²) in [5.41, 5.74) is 0. The van der Waals surface area contributed by atoms with Gasteiger partial charge in [-0.15, -0.1) is 0 Å². The molecular weight excluding hydrogens is 294 g/mol. The van der Waals surface area contributed by atoms with Crippen molar-refractivity contribution in [3.05, 3.63) is 11.7 Å². The average molecular weight is 319 g/mol. The number of carbonyl (C=O) groups excluding carboxylic acids is 1. The standard InChI is InChI=1S/C16H25N5O2/c1-10-18-14(23-20-10)7-17-16(22)19-15-11-3-2-4-12(15)9-21(8-11)13-5-6-13/h11-13,15H,2-9H2,1H3,(H2,17,19,22). The molecular formula is C16H25N5O2. The minimum absolute atomic E-state index is 0.123. The quantitative estimate of drug-likeness (QED) is 0.877. The summed E-state index contributed by atoms with van der Waals surface area (Å²) in [7, 11) is 0. The molecule has 23 heavy (non-hydrogen) atoms. The maximum Gasteiger partial charge on any atom is 0.315 e. The zero-order valence-electron chi connectivity index (χ0n) is 13.6. The van der Waals surface area contributed by atoms with Crippen molar-refractivity contribution in [1.29, 1.82) is 0 Å². The Hall–Kier alpha value is -1.63. The second kappa shape index (κ2) is 6.11. The van der Waals surface area contributed by atoms with Crippen molar-refractivity contribution < 1.29 is 9.32 Å². The number of likely N-dealkylation sites (tertiary alicyclic amines) is 1. The number of aromatic nitrogens is 2. The van der Waals surface area contributed by atoms with Crippen LogP contribution in [0.5, 0.6) is 0 Å². The van der Waals surface area contributed by atoms with E-state index in [2.05, 4.69) is 25.7 Å². The van der Waals surface area contributed by atoms with Crippen molar-refractivity contribution in [2.24, 2.45) is 11.8 Å². The van der Waals surface area contributed by atoms with E-state index in [0.29, 0.717) is 29.6 Å². The lowest BCUT2D eigenvalue weighted by atomic mass is 9.73. The normalized spacial score (nSPS) is 30.9. The second-order valence-corrected chi connectivity index (χ2v) is 7.22. The van der Waals surface area contributed by atoms with Crippen molar-refractivity contribution >= 4 is 6.03 Å². The predicted octanol–water partition coefficient (Wildman–Crippen LogP) is 1.44. The van der Waals surface area contributed by atoms with Crippen LogP contribution >= 0.6 is 0 Å². The van der Waals surface area contributed by atoms with E-state index < -0.39 is 0 Å². The zero-order chi connectivity index (χ0) is 15.8. The maximum absolute atomic E-state index is 12.2. The molecule has 2 heterocycles. The number of hydrogen-bond donors (Lipinski definition) is 2. The molecule has 2 saturated carbocycles. The van der Waals surface area contributed by atoms with Crippen molar-refractivity contribution in [2.75, 3.05) is 13.1 Å². The first kappa shape index (κ1) is 14.9. The van der Waals surface area contributed by atoms with E-state index in [-0.39, 0.29) is 12.6 Å². The summed E-state index contributed by atoms with van der Waals surface area (Å²) in [6.45, 7) is 4.34. The van der Waals surface area contributed by atoms with Gasteiger partial charge < -0.3 is 15.2 Å². The van der Waals surface area contributed by atoms with E-state index in [1.54, 1.807) is 6.92 Å². The molecule has 4 rings (SSSR count). The molecule has 0 spiro atoms. The number of hydrogen-bond acceptors (Lipinski definition) is 5. The van der Waals surface area contributed by atoms with E-state index in [1.165, 1.54) is 32.1 Å². The number of urea groups is 1. The van der Waals surface area contributed by atoms with E-state index in [0.717, 1.165) is 19.1 Å². The average Bonchev–Trinajstić information content (AvgIpc) is 3.27. The highest BCUT2D eigenvalue weighted by molar-refractivity contribution is 5.74. The number of nitrogens with zero attached hydrogens (tertiary/aromatic N) is 3. The predicted molar refractivity (Wildman–Crippen MR) is 83.6 cm³/mol. The van der Waals surface area contributed by atoms with Gasteiger partial charge in [0.05, 0.1) is 6.54 Å². The van der Waals surface area contributed by atoms with Gasteiger partial charge in [-0.2, -0.15) is 4.98 Å². The van der Waals surface area contributed by atoms with Crippen LogP contribution in [0.15, 0.2) is 4.52 Å². The van der Waals surface area contributed by atoms with Gasteiger partial charge in [-0.3, -0.25) is 4.90 Å². The van der Waals surface area contributed by atoms with Crippen molar-refractivity contribution in [1.82, 2.24) is 25.7 Å². The van der Waals surface area contributed by atoms with Gasteiger partial charge in [-0.1, -0.05) is 11.6 Å². The third-order valence-corrected chi connectivity index (χ3v) is 5.43. The Labute approximate surface area is 136 Å². The summed E-state index contributed by atoms with van der Waals surface area (Å²) in [5.74, 6) is 2.23. The summed E-state index contributed by atoms with van der Waals surface area (Å²) >= 11 is 0. The van der Waals surface area contributed by atoms with Gasteiger partial charge in [0.25, 0.3) is 0 Å². The molecule has 2 N–H and O–H groups in total. The van der Waals surface area contributed by atoms with Gasteiger partial charge in [0, 0.05) is 25.2 Å². The third kappa shape index (κ3) is 3.34. The highest BCUT2D eigenvalue weighted by atomic mass is 16.5. The second-order valence-electron chi connectivity index (χ2n) is 7.22. The SMILES string of the molecule is Cc1noc(CNC(=O)NC2C3CCCC2CN(C2CC2)C3)n1. The number of rotatable bonds is 4. The molecule has 2 unspecified atom stereocenters. The number of nitrogens with one attached hydrogen (secondary N) is 2. The molecule has 0 radical (unpaired) electrons. The van der Waals surface area contributed by atoms with Crippen LogP contribution in [0.3, 0.4) is 0 Å². The van der Waals surface area contributed by atoms with Crippen LogP contribution in [0.25, 0.3) is 0 Å². The molecule has 2 aliphatic carbocycles. The fourth-order valence-electron chi connectivity index (χ4n) is 4.22. The van der Waals surface area contributed by atoms with Gasteiger partial charge in [0.2, 0.25) is 5.89 Å². The molecule has 1 aromatic rings. The molecule has 1 aromatic heterocycles. The lowest BCUT2D eigenvalue weighted by Gasteiger charge is -2.47. The summed E-state index contributed by atoms with van der Waals surface area (Å²) in [4.78, 5) is 19.0. The van der Waals surface area contributed by atoms with Gasteiger partial charge in [-0.05, 0) is 44.4 Å². The van der Waals surface area contributed by atoms with Crippen LogP contribution in [0.4, 0.5) is 4.79 Å². The topological polar surface area (TPSA) is 83.3 Å². The van der Waals surface area contributed by atoms with Crippen LogP contribution in [0.1, 0.15) is 43.8 Å². The van der Waals surface area contributed by atoms with Crippen molar-refractivity contribution in [3.8, 4) is 0 Å². The Kier molecular flexibility index (Phi) is 3.97. The van der Waals surface area contributed by atoms with Crippen LogP contribution in [0, 0.1) is 18.8 Å². The molecule has 3 aliphatic rings. The van der Waals surface area contributed by atoms with E-state index in [1.807, 2.05) is 0 Å². The van der Waals surface area contributed by atoms with Gasteiger partial charge in [0.1, 0.15) is 0 Å². The lowest BCUT2D eigenvalue weighted by Crippen LogP contribution is -2.59. The molecule has 7 heteroatoms. The van der Waals surface area contributed by atoms with Crippen LogP contribution in [0.2, 0.25) is 0 Å². The fourth-order valence-corrected chi connectivity index (χ4v) is 4.22. The molecule has 3 fully saturated rings. The molecule has 1 saturated heterocycles. The Bertz CT molecular complexity index is 557. The Morgan fingerprint density at radius 2 is 2.00 bits per heavy atom. The van der Waals surface area contributed by atoms with Crippen LogP contribution in [-0.4, -0.2) is 46.2 Å². The van der Waals surface area contributed by atoms with Gasteiger partial charge in [0.15, 0.2) is 5.82 Å².